The van der Waals surface area contributed by atoms with Gasteiger partial charge < -0.3 is 24.4 Å². The minimum Gasteiger partial charge on any atom is -0.493 e. The number of carbonyl (C=O) groups excluding carboxylic acids is 3. The Labute approximate surface area is 236 Å². The zero-order chi connectivity index (χ0) is 30.3. The number of Topliss-reactive ketones (excluding diaryl/α,β-unsaturated/α-hetero) is 1. The molecule has 41 heavy (non-hydrogen) atoms. The molecule has 0 fully saturated rings. The van der Waals surface area contributed by atoms with Crippen LogP contribution in [0, 0.1) is 5.41 Å². The number of ketones is 1. The summed E-state index contributed by atoms with van der Waals surface area (Å²) in [5.41, 5.74) is -4.86. The highest BCUT2D eigenvalue weighted by Gasteiger charge is 2.71. The molecule has 1 N–H and O–H groups in total. The number of para-hydroxylation sites is 1. The number of ether oxygens (including phenoxy) is 3. The molecule has 2 aromatic carbocycles. The predicted octanol–water partition coefficient (Wildman–Crippen LogP) is 5.21. The fraction of sp³-hybridized carbons (Fsp3) is 0.433. The maximum atomic E-state index is 15.1. The minimum absolute atomic E-state index is 0.0149. The molecule has 8 nitrogen and oxygen atoms in total. The number of nitrogens with one attached hydrogen (secondary N) is 1. The molecule has 2 aromatic rings. The van der Waals surface area contributed by atoms with Gasteiger partial charge in [0, 0.05) is 23.2 Å². The van der Waals surface area contributed by atoms with Crippen LogP contribution in [0.3, 0.4) is 0 Å². The normalized spacial score (nSPS) is 20.3. The lowest BCUT2D eigenvalue weighted by Crippen LogP contribution is -2.66. The molecule has 2 aliphatic rings. The van der Waals surface area contributed by atoms with E-state index in [2.05, 4.69) is 0 Å². The lowest BCUT2D eigenvalue weighted by atomic mass is 9.72. The Morgan fingerprint density at radius 1 is 1.02 bits per heavy atom. The quantitative estimate of drug-likeness (QED) is 0.466. The molecule has 11 heteroatoms. The van der Waals surface area contributed by atoms with Gasteiger partial charge in [0.1, 0.15) is 5.75 Å². The van der Waals surface area contributed by atoms with Crippen LogP contribution in [0.15, 0.2) is 53.7 Å². The Morgan fingerprint density at radius 3 is 2.24 bits per heavy atom. The van der Waals surface area contributed by atoms with E-state index in [0.29, 0.717) is 17.1 Å². The van der Waals surface area contributed by atoms with Gasteiger partial charge in [-0.05, 0) is 56.0 Å². The Balaban J connectivity index is 1.83. The number of halogens is 3. The Bertz CT molecular complexity index is 1400. The summed E-state index contributed by atoms with van der Waals surface area (Å²) in [7, 11) is 2.79. The number of benzene rings is 2. The van der Waals surface area contributed by atoms with E-state index in [0.717, 1.165) is 4.90 Å². The molecule has 0 saturated carbocycles. The van der Waals surface area contributed by atoms with Gasteiger partial charge in [0.25, 0.3) is 11.8 Å². The Kier molecular flexibility index (Phi) is 7.86. The highest BCUT2D eigenvalue weighted by molar-refractivity contribution is 6.14. The van der Waals surface area contributed by atoms with Gasteiger partial charge in [0.15, 0.2) is 17.3 Å². The molecule has 1 aliphatic heterocycles. The second-order valence-corrected chi connectivity index (χ2v) is 11.2. The number of alkyl halides is 3. The fourth-order valence-corrected chi connectivity index (χ4v) is 5.44. The smallest absolute Gasteiger partial charge is 0.425 e. The summed E-state index contributed by atoms with van der Waals surface area (Å²) < 4.78 is 61.7. The van der Waals surface area contributed by atoms with Crippen LogP contribution in [-0.4, -0.2) is 54.5 Å². The third-order valence-corrected chi connectivity index (χ3v) is 7.15. The predicted molar refractivity (Wildman–Crippen MR) is 144 cm³/mol. The van der Waals surface area contributed by atoms with E-state index in [1.165, 1.54) is 38.5 Å². The summed E-state index contributed by atoms with van der Waals surface area (Å²) in [4.78, 5) is 41.7. The molecular formula is C30H33F3N2O6. The molecular weight excluding hydrogens is 541 g/mol. The molecule has 4 rings (SSSR count). The van der Waals surface area contributed by atoms with Crippen LogP contribution in [0.25, 0.3) is 0 Å². The monoisotopic (exact) mass is 574 g/mol. The van der Waals surface area contributed by atoms with Gasteiger partial charge in [0.2, 0.25) is 5.54 Å². The lowest BCUT2D eigenvalue weighted by molar-refractivity contribution is -0.190. The number of carbonyl (C=O) groups is 3. The Hall–Kier alpha value is -4.02. The van der Waals surface area contributed by atoms with Gasteiger partial charge in [-0.2, -0.15) is 13.2 Å². The first-order valence-electron chi connectivity index (χ1n) is 13.1. The van der Waals surface area contributed by atoms with Gasteiger partial charge in [-0.25, -0.2) is 0 Å². The van der Waals surface area contributed by atoms with Gasteiger partial charge in [-0.15, -0.1) is 0 Å². The van der Waals surface area contributed by atoms with Gasteiger partial charge in [0.05, 0.1) is 32.4 Å². The van der Waals surface area contributed by atoms with Crippen LogP contribution >= 0.6 is 0 Å². The van der Waals surface area contributed by atoms with Crippen LogP contribution in [0.5, 0.6) is 17.2 Å². The summed E-state index contributed by atoms with van der Waals surface area (Å²) in [6.07, 6.45) is -5.68. The highest BCUT2D eigenvalue weighted by atomic mass is 19.4. The van der Waals surface area contributed by atoms with Gasteiger partial charge >= 0.3 is 6.18 Å². The Morgan fingerprint density at radius 2 is 1.68 bits per heavy atom. The zero-order valence-corrected chi connectivity index (χ0v) is 23.8. The first-order valence-corrected chi connectivity index (χ1v) is 13.1. The van der Waals surface area contributed by atoms with Crippen LogP contribution < -0.4 is 19.5 Å². The van der Waals surface area contributed by atoms with Crippen molar-refractivity contribution in [2.24, 2.45) is 5.41 Å². The molecule has 0 bridgehead atoms. The van der Waals surface area contributed by atoms with Crippen LogP contribution in [0.1, 0.15) is 56.5 Å². The van der Waals surface area contributed by atoms with Crippen molar-refractivity contribution in [3.63, 3.8) is 0 Å². The van der Waals surface area contributed by atoms with Crippen molar-refractivity contribution >= 4 is 17.6 Å². The van der Waals surface area contributed by atoms with Gasteiger partial charge in [-0.1, -0.05) is 26.0 Å². The average Bonchev–Trinajstić information content (AvgIpc) is 3.11. The topological polar surface area (TPSA) is 94.2 Å². The SMILES string of the molecule is COc1cccc(CN2C(=O)[C@@](NC(=O)c3ccc(OC(C)C)cc3)(C(F)(F)F)C3=C2CC(C)(C)CC3=O)c1OC. The third kappa shape index (κ3) is 5.37. The van der Waals surface area contributed by atoms with Crippen LogP contribution in [0.4, 0.5) is 13.2 Å². The number of rotatable bonds is 8. The maximum Gasteiger partial charge on any atom is 0.425 e. The van der Waals surface area contributed by atoms with Crippen molar-refractivity contribution in [2.75, 3.05) is 14.2 Å². The molecule has 220 valence electrons. The number of methoxy groups -OCH3 is 2. The number of hydrogen-bond acceptors (Lipinski definition) is 6. The summed E-state index contributed by atoms with van der Waals surface area (Å²) in [5, 5.41) is 1.95. The van der Waals surface area contributed by atoms with Gasteiger partial charge in [-0.3, -0.25) is 14.4 Å². The van der Waals surface area contributed by atoms with Crippen LogP contribution in [-0.2, 0) is 16.1 Å². The van der Waals surface area contributed by atoms with Crippen molar-refractivity contribution in [1.29, 1.82) is 0 Å². The second kappa shape index (κ2) is 10.8. The van der Waals surface area contributed by atoms with E-state index in [4.69, 9.17) is 14.2 Å². The number of allylic oxidation sites excluding steroid dienone is 1. The van der Waals surface area contributed by atoms with E-state index >= 15 is 13.2 Å². The molecule has 2 amide bonds. The van der Waals surface area contributed by atoms with E-state index < -0.39 is 40.3 Å². The lowest BCUT2D eigenvalue weighted by Gasteiger charge is -2.35. The second-order valence-electron chi connectivity index (χ2n) is 11.2. The molecule has 0 spiro atoms. The average molecular weight is 575 g/mol. The first kappa shape index (κ1) is 30.0. The number of nitrogens with zero attached hydrogens (tertiary/aromatic N) is 1. The number of amides is 2. The largest absolute Gasteiger partial charge is 0.493 e. The first-order chi connectivity index (χ1) is 19.1. The maximum absolute atomic E-state index is 15.1. The van der Waals surface area contributed by atoms with Crippen LogP contribution in [0.2, 0.25) is 0 Å². The molecule has 1 heterocycles. The van der Waals surface area contributed by atoms with Crippen molar-refractivity contribution in [1.82, 2.24) is 10.2 Å². The standard InChI is InChI=1S/C30H33F3N2O6/c1-17(2)41-20-12-10-18(11-13-20)26(37)34-29(30(31,32)33)24-21(14-28(3,4)15-22(24)36)35(27(29)38)16-19-8-7-9-23(39-5)25(19)40-6/h7-13,17H,14-16H2,1-6H3,(H,34,37)/t29-/m1/s1. The summed E-state index contributed by atoms with van der Waals surface area (Å²) in [5.74, 6) is -2.47. The minimum atomic E-state index is -5.33. The van der Waals surface area contributed by atoms with E-state index in [9.17, 15) is 14.4 Å². The van der Waals surface area contributed by atoms with Crippen molar-refractivity contribution in [3.8, 4) is 17.2 Å². The molecule has 1 aliphatic carbocycles. The molecule has 0 saturated heterocycles. The molecule has 0 radical (unpaired) electrons. The fourth-order valence-electron chi connectivity index (χ4n) is 5.44. The van der Waals surface area contributed by atoms with Crippen molar-refractivity contribution in [2.45, 2.75) is 64.9 Å². The number of hydrogen-bond donors (Lipinski definition) is 1. The molecule has 0 unspecified atom stereocenters. The summed E-state index contributed by atoms with van der Waals surface area (Å²) in [6.45, 7) is 6.77. The van der Waals surface area contributed by atoms with E-state index in [1.807, 2.05) is 5.32 Å². The van der Waals surface area contributed by atoms with Crippen molar-refractivity contribution in [3.05, 3.63) is 64.9 Å². The molecule has 1 atom stereocenters. The van der Waals surface area contributed by atoms with Crippen molar-refractivity contribution < 1.29 is 41.8 Å². The summed E-state index contributed by atoms with van der Waals surface area (Å²) >= 11 is 0. The van der Waals surface area contributed by atoms with E-state index in [1.54, 1.807) is 45.9 Å². The van der Waals surface area contributed by atoms with E-state index in [-0.39, 0.29) is 42.5 Å². The zero-order valence-electron chi connectivity index (χ0n) is 23.8. The molecule has 0 aromatic heterocycles. The summed E-state index contributed by atoms with van der Waals surface area (Å²) in [6, 6.07) is 10.3. The third-order valence-electron chi connectivity index (χ3n) is 7.15. The highest BCUT2D eigenvalue weighted by Crippen LogP contribution is 2.52.